The third-order valence-corrected chi connectivity index (χ3v) is 2.94. The number of hydrogen-bond donors (Lipinski definition) is 1. The van der Waals surface area contributed by atoms with Crippen LogP contribution >= 0.6 is 0 Å². The SMILES string of the molecule is CCOC(=O)CCC1(C(=O)OCC)CNC(=O)C1. The fourth-order valence-corrected chi connectivity index (χ4v) is 1.98. The number of carbonyl (C=O) groups excluding carboxylic acids is 3. The number of hydrogen-bond acceptors (Lipinski definition) is 5. The Morgan fingerprint density at radius 1 is 1.28 bits per heavy atom. The van der Waals surface area contributed by atoms with Crippen molar-refractivity contribution in [2.45, 2.75) is 33.1 Å². The number of esters is 2. The molecule has 1 aliphatic heterocycles. The van der Waals surface area contributed by atoms with Crippen molar-refractivity contribution in [1.29, 1.82) is 0 Å². The summed E-state index contributed by atoms with van der Waals surface area (Å²) in [6.45, 7) is 4.22. The molecule has 0 aromatic rings. The number of carbonyl (C=O) groups is 3. The van der Waals surface area contributed by atoms with Crippen molar-refractivity contribution in [2.24, 2.45) is 5.41 Å². The predicted octanol–water partition coefficient (Wildman–Crippen LogP) is 0.399. The summed E-state index contributed by atoms with van der Waals surface area (Å²) in [5.41, 5.74) is -0.917. The molecule has 1 saturated heterocycles. The summed E-state index contributed by atoms with van der Waals surface area (Å²) in [4.78, 5) is 34.5. The van der Waals surface area contributed by atoms with Crippen LogP contribution in [0.15, 0.2) is 0 Å². The molecular formula is C12H19NO5. The molecule has 0 aromatic carbocycles. The van der Waals surface area contributed by atoms with Crippen molar-refractivity contribution >= 4 is 17.8 Å². The highest BCUT2D eigenvalue weighted by atomic mass is 16.5. The first-order valence-electron chi connectivity index (χ1n) is 6.13. The number of ether oxygens (including phenoxy) is 2. The van der Waals surface area contributed by atoms with E-state index in [2.05, 4.69) is 5.32 Å². The van der Waals surface area contributed by atoms with Gasteiger partial charge in [-0.15, -0.1) is 0 Å². The zero-order chi connectivity index (χ0) is 13.6. The van der Waals surface area contributed by atoms with Crippen LogP contribution in [-0.2, 0) is 23.9 Å². The monoisotopic (exact) mass is 257 g/mol. The molecule has 18 heavy (non-hydrogen) atoms. The second-order valence-electron chi connectivity index (χ2n) is 4.26. The highest BCUT2D eigenvalue weighted by Crippen LogP contribution is 2.33. The summed E-state index contributed by atoms with van der Waals surface area (Å²) in [7, 11) is 0. The molecule has 1 heterocycles. The third kappa shape index (κ3) is 3.45. The lowest BCUT2D eigenvalue weighted by Crippen LogP contribution is -2.36. The maximum atomic E-state index is 11.9. The molecule has 1 aliphatic rings. The van der Waals surface area contributed by atoms with E-state index in [-0.39, 0.29) is 44.3 Å². The van der Waals surface area contributed by atoms with E-state index in [1.807, 2.05) is 0 Å². The van der Waals surface area contributed by atoms with Gasteiger partial charge in [-0.05, 0) is 20.3 Å². The minimum atomic E-state index is -0.917. The van der Waals surface area contributed by atoms with E-state index >= 15 is 0 Å². The maximum absolute atomic E-state index is 11.9. The largest absolute Gasteiger partial charge is 0.466 e. The molecule has 0 saturated carbocycles. The van der Waals surface area contributed by atoms with Crippen molar-refractivity contribution in [2.75, 3.05) is 19.8 Å². The summed E-state index contributed by atoms with van der Waals surface area (Å²) >= 11 is 0. The van der Waals surface area contributed by atoms with Gasteiger partial charge in [-0.3, -0.25) is 14.4 Å². The van der Waals surface area contributed by atoms with Crippen LogP contribution in [0.2, 0.25) is 0 Å². The highest BCUT2D eigenvalue weighted by molar-refractivity contribution is 5.90. The summed E-state index contributed by atoms with van der Waals surface area (Å²) in [5, 5.41) is 2.61. The summed E-state index contributed by atoms with van der Waals surface area (Å²) in [5.74, 6) is -0.972. The first-order chi connectivity index (χ1) is 8.54. The van der Waals surface area contributed by atoms with E-state index in [0.29, 0.717) is 6.61 Å². The number of rotatable bonds is 6. The maximum Gasteiger partial charge on any atom is 0.314 e. The molecule has 6 nitrogen and oxygen atoms in total. The van der Waals surface area contributed by atoms with E-state index in [0.717, 1.165) is 0 Å². The fourth-order valence-electron chi connectivity index (χ4n) is 1.98. The Morgan fingerprint density at radius 3 is 2.44 bits per heavy atom. The minimum Gasteiger partial charge on any atom is -0.466 e. The van der Waals surface area contributed by atoms with Crippen LogP contribution in [0.25, 0.3) is 0 Å². The van der Waals surface area contributed by atoms with Gasteiger partial charge in [-0.1, -0.05) is 0 Å². The smallest absolute Gasteiger partial charge is 0.314 e. The van der Waals surface area contributed by atoms with Crippen molar-refractivity contribution in [1.82, 2.24) is 5.32 Å². The van der Waals surface area contributed by atoms with Crippen LogP contribution in [0.4, 0.5) is 0 Å². The van der Waals surface area contributed by atoms with Gasteiger partial charge in [0.25, 0.3) is 0 Å². The molecule has 1 rings (SSSR count). The Balaban J connectivity index is 2.64. The Hall–Kier alpha value is -1.59. The Bertz CT molecular complexity index is 341. The molecule has 1 fully saturated rings. The lowest BCUT2D eigenvalue weighted by Gasteiger charge is -2.23. The van der Waals surface area contributed by atoms with E-state index in [4.69, 9.17) is 9.47 Å². The van der Waals surface area contributed by atoms with Crippen LogP contribution in [0.1, 0.15) is 33.1 Å². The van der Waals surface area contributed by atoms with Gasteiger partial charge in [0.15, 0.2) is 0 Å². The Kier molecular flexibility index (Phi) is 5.12. The van der Waals surface area contributed by atoms with Crippen molar-refractivity contribution < 1.29 is 23.9 Å². The van der Waals surface area contributed by atoms with Gasteiger partial charge in [0, 0.05) is 19.4 Å². The van der Waals surface area contributed by atoms with Crippen LogP contribution in [-0.4, -0.2) is 37.6 Å². The lowest BCUT2D eigenvalue weighted by molar-refractivity contribution is -0.156. The molecule has 0 bridgehead atoms. The zero-order valence-corrected chi connectivity index (χ0v) is 10.8. The standard InChI is InChI=1S/C12H19NO5/c1-3-17-10(15)5-6-12(11(16)18-4-2)7-9(14)13-8-12/h3-8H2,1-2H3,(H,13,14). The number of nitrogens with one attached hydrogen (secondary N) is 1. The molecule has 1 amide bonds. The quantitative estimate of drug-likeness (QED) is 0.696. The van der Waals surface area contributed by atoms with Gasteiger partial charge in [0.2, 0.25) is 5.91 Å². The summed E-state index contributed by atoms with van der Waals surface area (Å²) in [6.07, 6.45) is 0.455. The van der Waals surface area contributed by atoms with Gasteiger partial charge >= 0.3 is 11.9 Å². The fraction of sp³-hybridized carbons (Fsp3) is 0.750. The molecule has 1 atom stereocenters. The van der Waals surface area contributed by atoms with Gasteiger partial charge < -0.3 is 14.8 Å². The first kappa shape index (κ1) is 14.5. The molecular weight excluding hydrogens is 238 g/mol. The van der Waals surface area contributed by atoms with Crippen LogP contribution in [0, 0.1) is 5.41 Å². The normalized spacial score (nSPS) is 22.4. The average molecular weight is 257 g/mol. The Morgan fingerprint density at radius 2 is 1.94 bits per heavy atom. The second-order valence-corrected chi connectivity index (χ2v) is 4.26. The van der Waals surface area contributed by atoms with E-state index in [9.17, 15) is 14.4 Å². The summed E-state index contributed by atoms with van der Waals surface area (Å²) in [6, 6.07) is 0. The first-order valence-corrected chi connectivity index (χ1v) is 6.13. The lowest BCUT2D eigenvalue weighted by atomic mass is 9.82. The molecule has 0 aromatic heterocycles. The highest BCUT2D eigenvalue weighted by Gasteiger charge is 2.46. The van der Waals surface area contributed by atoms with E-state index in [1.54, 1.807) is 13.8 Å². The van der Waals surface area contributed by atoms with Crippen molar-refractivity contribution in [3.63, 3.8) is 0 Å². The van der Waals surface area contributed by atoms with Gasteiger partial charge in [0.1, 0.15) is 0 Å². The number of amides is 1. The van der Waals surface area contributed by atoms with Crippen LogP contribution in [0.5, 0.6) is 0 Å². The minimum absolute atomic E-state index is 0.0746. The third-order valence-electron chi connectivity index (χ3n) is 2.94. The molecule has 0 spiro atoms. The molecule has 6 heteroatoms. The van der Waals surface area contributed by atoms with Gasteiger partial charge in [-0.2, -0.15) is 0 Å². The molecule has 102 valence electrons. The second kappa shape index (κ2) is 6.37. The topological polar surface area (TPSA) is 81.7 Å². The van der Waals surface area contributed by atoms with Crippen LogP contribution < -0.4 is 5.32 Å². The van der Waals surface area contributed by atoms with Gasteiger partial charge in [0.05, 0.1) is 18.6 Å². The molecule has 1 N–H and O–H groups in total. The average Bonchev–Trinajstić information content (AvgIpc) is 2.71. The van der Waals surface area contributed by atoms with E-state index < -0.39 is 11.4 Å². The molecule has 1 unspecified atom stereocenters. The van der Waals surface area contributed by atoms with Crippen molar-refractivity contribution in [3.8, 4) is 0 Å². The molecule has 0 aliphatic carbocycles. The predicted molar refractivity (Wildman–Crippen MR) is 62.6 cm³/mol. The van der Waals surface area contributed by atoms with Gasteiger partial charge in [-0.25, -0.2) is 0 Å². The Labute approximate surface area is 106 Å². The van der Waals surface area contributed by atoms with Crippen LogP contribution in [0.3, 0.4) is 0 Å². The summed E-state index contributed by atoms with van der Waals surface area (Å²) < 4.78 is 9.80. The van der Waals surface area contributed by atoms with E-state index in [1.165, 1.54) is 0 Å². The van der Waals surface area contributed by atoms with Crippen molar-refractivity contribution in [3.05, 3.63) is 0 Å². The molecule has 0 radical (unpaired) electrons. The zero-order valence-electron chi connectivity index (χ0n) is 10.8.